The number of nitrogens with zero attached hydrogens (tertiary/aromatic N) is 1. The molecule has 0 aromatic heterocycles. The number of rotatable bonds is 4. The topological polar surface area (TPSA) is 78.5 Å². The van der Waals surface area contributed by atoms with Gasteiger partial charge in [0.05, 0.1) is 6.04 Å². The fraction of sp³-hybridized carbons (Fsp3) is 0.500. The zero-order valence-corrected chi connectivity index (χ0v) is 14.5. The van der Waals surface area contributed by atoms with E-state index in [2.05, 4.69) is 10.6 Å². The van der Waals surface area contributed by atoms with Crippen LogP contribution in [0.5, 0.6) is 0 Å². The summed E-state index contributed by atoms with van der Waals surface area (Å²) in [7, 11) is 0. The Morgan fingerprint density at radius 3 is 2.62 bits per heavy atom. The summed E-state index contributed by atoms with van der Waals surface area (Å²) in [6, 6.07) is 1.79. The number of carbonyl (C=O) groups is 3. The number of amides is 4. The third-order valence-electron chi connectivity index (χ3n) is 5.06. The Balaban J connectivity index is 1.64. The Kier molecular flexibility index (Phi) is 4.93. The number of carbonyl (C=O) groups excluding carboxylic acids is 3. The molecule has 2 fully saturated rings. The number of hydrogen-bond donors (Lipinski definition) is 2. The summed E-state index contributed by atoms with van der Waals surface area (Å²) in [4.78, 5) is 37.9. The molecule has 2 aliphatic rings. The van der Waals surface area contributed by atoms with Crippen LogP contribution in [0.2, 0.25) is 0 Å². The average molecular weight is 365 g/mol. The molecule has 1 atom stereocenters. The molecule has 1 saturated heterocycles. The molecule has 1 spiro atoms. The SMILES string of the molecule is C[C@@H](NC(=O)CN1C(=O)NC2(CCCCC2)C1=O)c1ccc(F)cc1F. The normalized spacial score (nSPS) is 20.2. The zero-order chi connectivity index (χ0) is 18.9. The zero-order valence-electron chi connectivity index (χ0n) is 14.5. The van der Waals surface area contributed by atoms with Crippen LogP contribution >= 0.6 is 0 Å². The van der Waals surface area contributed by atoms with E-state index in [1.54, 1.807) is 6.92 Å². The third-order valence-corrected chi connectivity index (χ3v) is 5.06. The number of hydrogen-bond acceptors (Lipinski definition) is 3. The van der Waals surface area contributed by atoms with Gasteiger partial charge in [-0.15, -0.1) is 0 Å². The minimum absolute atomic E-state index is 0.126. The van der Waals surface area contributed by atoms with Gasteiger partial charge in [0, 0.05) is 11.6 Å². The van der Waals surface area contributed by atoms with Crippen molar-refractivity contribution in [1.29, 1.82) is 0 Å². The summed E-state index contributed by atoms with van der Waals surface area (Å²) in [6.07, 6.45) is 3.88. The highest BCUT2D eigenvalue weighted by atomic mass is 19.1. The predicted molar refractivity (Wildman–Crippen MR) is 89.0 cm³/mol. The standard InChI is InChI=1S/C18H21F2N3O3/c1-11(13-6-5-12(19)9-14(13)20)21-15(24)10-23-16(25)18(22-17(23)26)7-3-2-4-8-18/h5-6,9,11H,2-4,7-8,10H2,1H3,(H,21,24)(H,22,26)/t11-/m1/s1. The van der Waals surface area contributed by atoms with E-state index in [-0.39, 0.29) is 11.5 Å². The van der Waals surface area contributed by atoms with Crippen LogP contribution in [0, 0.1) is 11.6 Å². The number of benzene rings is 1. The van der Waals surface area contributed by atoms with Crippen LogP contribution in [-0.4, -0.2) is 34.8 Å². The third kappa shape index (κ3) is 3.40. The minimum Gasteiger partial charge on any atom is -0.348 e. The molecule has 0 bridgehead atoms. The first-order valence-electron chi connectivity index (χ1n) is 8.71. The van der Waals surface area contributed by atoms with Gasteiger partial charge < -0.3 is 10.6 Å². The summed E-state index contributed by atoms with van der Waals surface area (Å²) in [5.74, 6) is -2.44. The largest absolute Gasteiger partial charge is 0.348 e. The van der Waals surface area contributed by atoms with E-state index in [4.69, 9.17) is 0 Å². The van der Waals surface area contributed by atoms with Gasteiger partial charge in [0.15, 0.2) is 0 Å². The first-order chi connectivity index (χ1) is 12.3. The van der Waals surface area contributed by atoms with Crippen molar-refractivity contribution in [2.24, 2.45) is 0 Å². The molecule has 2 N–H and O–H groups in total. The molecule has 0 unspecified atom stereocenters. The maximum absolute atomic E-state index is 13.8. The van der Waals surface area contributed by atoms with Crippen molar-refractivity contribution in [3.63, 3.8) is 0 Å². The molecular formula is C18H21F2N3O3. The van der Waals surface area contributed by atoms with Gasteiger partial charge in [-0.3, -0.25) is 14.5 Å². The predicted octanol–water partition coefficient (Wildman–Crippen LogP) is 2.40. The first kappa shape index (κ1) is 18.3. The van der Waals surface area contributed by atoms with Gasteiger partial charge in [-0.25, -0.2) is 13.6 Å². The quantitative estimate of drug-likeness (QED) is 0.805. The highest BCUT2D eigenvalue weighted by molar-refractivity contribution is 6.09. The molecule has 26 heavy (non-hydrogen) atoms. The van der Waals surface area contributed by atoms with Crippen molar-refractivity contribution in [2.45, 2.75) is 50.6 Å². The smallest absolute Gasteiger partial charge is 0.325 e. The van der Waals surface area contributed by atoms with E-state index >= 15 is 0 Å². The van der Waals surface area contributed by atoms with Crippen LogP contribution in [0.4, 0.5) is 13.6 Å². The van der Waals surface area contributed by atoms with Gasteiger partial charge >= 0.3 is 6.03 Å². The molecule has 0 radical (unpaired) electrons. The van der Waals surface area contributed by atoms with Crippen LogP contribution in [0.1, 0.15) is 50.6 Å². The van der Waals surface area contributed by atoms with Gasteiger partial charge in [0.25, 0.3) is 5.91 Å². The van der Waals surface area contributed by atoms with Gasteiger partial charge in [-0.1, -0.05) is 25.3 Å². The van der Waals surface area contributed by atoms with Crippen molar-refractivity contribution in [1.82, 2.24) is 15.5 Å². The molecule has 1 aliphatic heterocycles. The molecular weight excluding hydrogens is 344 g/mol. The number of urea groups is 1. The summed E-state index contributed by atoms with van der Waals surface area (Å²) >= 11 is 0. The molecule has 1 aromatic rings. The lowest BCUT2D eigenvalue weighted by atomic mass is 9.82. The maximum Gasteiger partial charge on any atom is 0.325 e. The Morgan fingerprint density at radius 2 is 1.96 bits per heavy atom. The van der Waals surface area contributed by atoms with Crippen molar-refractivity contribution < 1.29 is 23.2 Å². The molecule has 1 saturated carbocycles. The van der Waals surface area contributed by atoms with Crippen molar-refractivity contribution >= 4 is 17.8 Å². The molecule has 1 aliphatic carbocycles. The van der Waals surface area contributed by atoms with Gasteiger partial charge in [0.1, 0.15) is 23.7 Å². The second kappa shape index (κ2) is 7.01. The fourth-order valence-corrected chi connectivity index (χ4v) is 3.68. The number of imide groups is 1. The molecule has 140 valence electrons. The summed E-state index contributed by atoms with van der Waals surface area (Å²) in [5, 5.41) is 5.27. The summed E-state index contributed by atoms with van der Waals surface area (Å²) < 4.78 is 26.8. The summed E-state index contributed by atoms with van der Waals surface area (Å²) in [5.41, 5.74) is -0.759. The van der Waals surface area contributed by atoms with Crippen LogP contribution in [-0.2, 0) is 9.59 Å². The average Bonchev–Trinajstić information content (AvgIpc) is 2.79. The van der Waals surface area contributed by atoms with E-state index in [0.29, 0.717) is 12.8 Å². The monoisotopic (exact) mass is 365 g/mol. The van der Waals surface area contributed by atoms with Gasteiger partial charge in [-0.2, -0.15) is 0 Å². The summed E-state index contributed by atoms with van der Waals surface area (Å²) in [6.45, 7) is 1.11. The van der Waals surface area contributed by atoms with E-state index in [1.165, 1.54) is 6.07 Å². The molecule has 1 heterocycles. The highest BCUT2D eigenvalue weighted by Crippen LogP contribution is 2.33. The Labute approximate surface area is 149 Å². The molecule has 3 rings (SSSR count). The minimum atomic E-state index is -0.885. The van der Waals surface area contributed by atoms with E-state index in [1.807, 2.05) is 0 Å². The first-order valence-corrected chi connectivity index (χ1v) is 8.71. The highest BCUT2D eigenvalue weighted by Gasteiger charge is 2.51. The molecule has 8 heteroatoms. The molecule has 4 amide bonds. The van der Waals surface area contributed by atoms with Gasteiger partial charge in [-0.05, 0) is 25.8 Å². The van der Waals surface area contributed by atoms with E-state index < -0.39 is 41.7 Å². The van der Waals surface area contributed by atoms with Crippen LogP contribution in [0.15, 0.2) is 18.2 Å². The Hall–Kier alpha value is -2.51. The lowest BCUT2D eigenvalue weighted by molar-refractivity contribution is -0.136. The fourth-order valence-electron chi connectivity index (χ4n) is 3.68. The lowest BCUT2D eigenvalue weighted by Crippen LogP contribution is -2.49. The lowest BCUT2D eigenvalue weighted by Gasteiger charge is -2.30. The van der Waals surface area contributed by atoms with Crippen molar-refractivity contribution in [3.05, 3.63) is 35.4 Å². The second-order valence-electron chi connectivity index (χ2n) is 6.92. The van der Waals surface area contributed by atoms with E-state index in [0.717, 1.165) is 36.3 Å². The second-order valence-corrected chi connectivity index (χ2v) is 6.92. The van der Waals surface area contributed by atoms with E-state index in [9.17, 15) is 23.2 Å². The van der Waals surface area contributed by atoms with Crippen LogP contribution in [0.25, 0.3) is 0 Å². The molecule has 1 aromatic carbocycles. The number of halogens is 2. The maximum atomic E-state index is 13.8. The van der Waals surface area contributed by atoms with Gasteiger partial charge in [0.2, 0.25) is 5.91 Å². The molecule has 6 nitrogen and oxygen atoms in total. The number of nitrogens with one attached hydrogen (secondary N) is 2. The van der Waals surface area contributed by atoms with Crippen molar-refractivity contribution in [3.8, 4) is 0 Å². The van der Waals surface area contributed by atoms with Crippen molar-refractivity contribution in [2.75, 3.05) is 6.54 Å². The van der Waals surface area contributed by atoms with Crippen LogP contribution < -0.4 is 10.6 Å². The van der Waals surface area contributed by atoms with Crippen LogP contribution in [0.3, 0.4) is 0 Å². The Morgan fingerprint density at radius 1 is 1.27 bits per heavy atom. The Bertz CT molecular complexity index is 747.